The summed E-state index contributed by atoms with van der Waals surface area (Å²) in [7, 11) is 1.45. The van der Waals surface area contributed by atoms with E-state index in [1.165, 1.54) is 7.11 Å². The highest BCUT2D eigenvalue weighted by Gasteiger charge is 2.45. The van der Waals surface area contributed by atoms with Crippen LogP contribution in [-0.2, 0) is 16.0 Å². The minimum atomic E-state index is -0.307. The summed E-state index contributed by atoms with van der Waals surface area (Å²) in [6.45, 7) is 1.91. The van der Waals surface area contributed by atoms with Gasteiger partial charge in [-0.15, -0.1) is 0 Å². The number of ether oxygens (including phenoxy) is 1. The molecule has 0 N–H and O–H groups in total. The van der Waals surface area contributed by atoms with Crippen LogP contribution in [0.4, 0.5) is 0 Å². The quantitative estimate of drug-likeness (QED) is 0.716. The average Bonchev–Trinajstić information content (AvgIpc) is 2.56. The lowest BCUT2D eigenvalue weighted by atomic mass is 9.66. The van der Waals surface area contributed by atoms with Crippen molar-refractivity contribution in [1.82, 2.24) is 0 Å². The third-order valence-electron chi connectivity index (χ3n) is 3.24. The van der Waals surface area contributed by atoms with Crippen LogP contribution >= 0.6 is 0 Å². The van der Waals surface area contributed by atoms with Gasteiger partial charge in [0, 0.05) is 6.42 Å². The Labute approximate surface area is 89.4 Å². The van der Waals surface area contributed by atoms with Crippen LogP contribution in [-0.4, -0.2) is 13.1 Å². The molecule has 0 radical (unpaired) electrons. The van der Waals surface area contributed by atoms with Crippen molar-refractivity contribution in [3.63, 3.8) is 0 Å². The van der Waals surface area contributed by atoms with Crippen LogP contribution in [0.3, 0.4) is 0 Å². The molecule has 1 heterocycles. The molecule has 15 heavy (non-hydrogen) atoms. The Morgan fingerprint density at radius 3 is 2.67 bits per heavy atom. The van der Waals surface area contributed by atoms with E-state index in [0.29, 0.717) is 6.42 Å². The molecule has 1 fully saturated rings. The smallest absolute Gasteiger partial charge is 0.312 e. The Morgan fingerprint density at radius 2 is 2.27 bits per heavy atom. The molecule has 1 aromatic heterocycles. The molecule has 1 aliphatic carbocycles. The van der Waals surface area contributed by atoms with E-state index in [2.05, 4.69) is 0 Å². The molecule has 0 bridgehead atoms. The molecule has 1 aliphatic rings. The van der Waals surface area contributed by atoms with Crippen molar-refractivity contribution >= 4 is 5.97 Å². The van der Waals surface area contributed by atoms with Crippen molar-refractivity contribution < 1.29 is 13.9 Å². The Balaban J connectivity index is 2.11. The second-order valence-electron chi connectivity index (χ2n) is 4.31. The molecular weight excluding hydrogens is 192 g/mol. The normalized spacial score (nSPS) is 18.3. The van der Waals surface area contributed by atoms with Crippen molar-refractivity contribution in [3.8, 4) is 0 Å². The number of furan rings is 1. The van der Waals surface area contributed by atoms with Crippen LogP contribution in [0, 0.1) is 12.3 Å². The van der Waals surface area contributed by atoms with Gasteiger partial charge in [-0.25, -0.2) is 0 Å². The van der Waals surface area contributed by atoms with Gasteiger partial charge in [0.25, 0.3) is 0 Å². The monoisotopic (exact) mass is 208 g/mol. The number of carbonyl (C=O) groups excluding carboxylic acids is 1. The lowest BCUT2D eigenvalue weighted by molar-refractivity contribution is -0.158. The van der Waals surface area contributed by atoms with E-state index in [1.807, 2.05) is 19.1 Å². The fourth-order valence-electron chi connectivity index (χ4n) is 2.19. The van der Waals surface area contributed by atoms with Crippen LogP contribution < -0.4 is 0 Å². The average molecular weight is 208 g/mol. The number of esters is 1. The third-order valence-corrected chi connectivity index (χ3v) is 3.24. The van der Waals surface area contributed by atoms with E-state index in [9.17, 15) is 4.79 Å². The first-order valence-corrected chi connectivity index (χ1v) is 5.30. The number of rotatable bonds is 3. The second kappa shape index (κ2) is 3.72. The summed E-state index contributed by atoms with van der Waals surface area (Å²) < 4.78 is 10.4. The maximum absolute atomic E-state index is 11.7. The van der Waals surface area contributed by atoms with Crippen LogP contribution in [0.5, 0.6) is 0 Å². The van der Waals surface area contributed by atoms with Gasteiger partial charge in [-0.2, -0.15) is 0 Å². The molecule has 0 atom stereocenters. The van der Waals surface area contributed by atoms with Gasteiger partial charge in [0.2, 0.25) is 0 Å². The van der Waals surface area contributed by atoms with Crippen molar-refractivity contribution in [2.24, 2.45) is 5.41 Å². The first kappa shape index (κ1) is 10.3. The van der Waals surface area contributed by atoms with Crippen LogP contribution in [0.25, 0.3) is 0 Å². The first-order valence-electron chi connectivity index (χ1n) is 5.30. The van der Waals surface area contributed by atoms with Gasteiger partial charge in [0.1, 0.15) is 11.5 Å². The first-order chi connectivity index (χ1) is 7.16. The summed E-state index contributed by atoms with van der Waals surface area (Å²) in [6.07, 6.45) is 3.61. The number of aryl methyl sites for hydroxylation is 1. The molecule has 3 heteroatoms. The van der Waals surface area contributed by atoms with Gasteiger partial charge < -0.3 is 9.15 Å². The van der Waals surface area contributed by atoms with Gasteiger partial charge >= 0.3 is 5.97 Å². The largest absolute Gasteiger partial charge is 0.469 e. The summed E-state index contributed by atoms with van der Waals surface area (Å²) >= 11 is 0. The summed E-state index contributed by atoms with van der Waals surface area (Å²) in [6, 6.07) is 3.87. The number of hydrogen-bond donors (Lipinski definition) is 0. The van der Waals surface area contributed by atoms with Gasteiger partial charge in [-0.1, -0.05) is 6.42 Å². The molecule has 1 saturated carbocycles. The van der Waals surface area contributed by atoms with Crippen molar-refractivity contribution in [1.29, 1.82) is 0 Å². The zero-order chi connectivity index (χ0) is 10.9. The van der Waals surface area contributed by atoms with Crippen molar-refractivity contribution in [2.75, 3.05) is 7.11 Å². The summed E-state index contributed by atoms with van der Waals surface area (Å²) in [5.74, 6) is 1.68. The van der Waals surface area contributed by atoms with Gasteiger partial charge in [0.15, 0.2) is 0 Å². The fraction of sp³-hybridized carbons (Fsp3) is 0.583. The lowest BCUT2D eigenvalue weighted by Gasteiger charge is -2.38. The second-order valence-corrected chi connectivity index (χ2v) is 4.31. The highest BCUT2D eigenvalue weighted by Crippen LogP contribution is 2.44. The predicted octanol–water partition coefficient (Wildman–Crippen LogP) is 2.47. The third kappa shape index (κ3) is 1.78. The van der Waals surface area contributed by atoms with Crippen molar-refractivity contribution in [2.45, 2.75) is 32.6 Å². The topological polar surface area (TPSA) is 39.4 Å². The highest BCUT2D eigenvalue weighted by molar-refractivity contribution is 5.78. The molecule has 2 rings (SSSR count). The van der Waals surface area contributed by atoms with E-state index >= 15 is 0 Å². The maximum Gasteiger partial charge on any atom is 0.312 e. The van der Waals surface area contributed by atoms with Crippen LogP contribution in [0.1, 0.15) is 30.8 Å². The highest BCUT2D eigenvalue weighted by atomic mass is 16.5. The molecule has 0 saturated heterocycles. The van der Waals surface area contributed by atoms with E-state index in [0.717, 1.165) is 30.8 Å². The van der Waals surface area contributed by atoms with Crippen molar-refractivity contribution in [3.05, 3.63) is 23.7 Å². The Morgan fingerprint density at radius 1 is 1.53 bits per heavy atom. The van der Waals surface area contributed by atoms with E-state index in [1.54, 1.807) is 0 Å². The fourth-order valence-corrected chi connectivity index (χ4v) is 2.19. The lowest BCUT2D eigenvalue weighted by Crippen LogP contribution is -2.40. The predicted molar refractivity (Wildman–Crippen MR) is 55.4 cm³/mol. The molecule has 82 valence electrons. The molecule has 0 aromatic carbocycles. The minimum absolute atomic E-state index is 0.0946. The zero-order valence-corrected chi connectivity index (χ0v) is 9.21. The Kier molecular flexibility index (Phi) is 2.55. The molecule has 3 nitrogen and oxygen atoms in total. The van der Waals surface area contributed by atoms with Crippen LogP contribution in [0.2, 0.25) is 0 Å². The van der Waals surface area contributed by atoms with E-state index in [-0.39, 0.29) is 11.4 Å². The number of methoxy groups -OCH3 is 1. The SMILES string of the molecule is COC(=O)C1(Cc2ccc(C)o2)CCC1. The van der Waals surface area contributed by atoms with E-state index < -0.39 is 0 Å². The summed E-state index contributed by atoms with van der Waals surface area (Å²) in [5.41, 5.74) is -0.307. The molecule has 1 aromatic rings. The van der Waals surface area contributed by atoms with E-state index in [4.69, 9.17) is 9.15 Å². The molecule has 0 unspecified atom stereocenters. The number of hydrogen-bond acceptors (Lipinski definition) is 3. The molecule has 0 aliphatic heterocycles. The summed E-state index contributed by atoms with van der Waals surface area (Å²) in [4.78, 5) is 11.7. The number of carbonyl (C=O) groups is 1. The molecule has 0 amide bonds. The van der Waals surface area contributed by atoms with Crippen LogP contribution in [0.15, 0.2) is 16.5 Å². The van der Waals surface area contributed by atoms with Gasteiger partial charge in [0.05, 0.1) is 12.5 Å². The molecule has 0 spiro atoms. The maximum atomic E-state index is 11.7. The summed E-state index contributed by atoms with van der Waals surface area (Å²) in [5, 5.41) is 0. The Hall–Kier alpha value is -1.25. The zero-order valence-electron chi connectivity index (χ0n) is 9.21. The standard InChI is InChI=1S/C12H16O3/c1-9-4-5-10(15-9)8-12(6-3-7-12)11(13)14-2/h4-5H,3,6-8H2,1-2H3. The minimum Gasteiger partial charge on any atom is -0.469 e. The Bertz CT molecular complexity index is 361. The van der Waals surface area contributed by atoms with Gasteiger partial charge in [-0.05, 0) is 31.9 Å². The van der Waals surface area contributed by atoms with Gasteiger partial charge in [-0.3, -0.25) is 4.79 Å². The molecular formula is C12H16O3.